The molecule has 2 aromatic rings. The van der Waals surface area contributed by atoms with Gasteiger partial charge in [0, 0.05) is 35.5 Å². The van der Waals surface area contributed by atoms with E-state index in [1.165, 1.54) is 12.1 Å². The van der Waals surface area contributed by atoms with Crippen molar-refractivity contribution in [3.63, 3.8) is 0 Å². The number of carboxylic acid groups (broad SMARTS) is 2. The second kappa shape index (κ2) is 9.43. The number of carboxylic acids is 2. The maximum absolute atomic E-state index is 13.2. The summed E-state index contributed by atoms with van der Waals surface area (Å²) >= 11 is 0. The smallest absolute Gasteiger partial charge is 0.328 e. The van der Waals surface area contributed by atoms with E-state index in [1.54, 1.807) is 12.3 Å². The minimum absolute atomic E-state index is 0.264. The van der Waals surface area contributed by atoms with Crippen LogP contribution in [-0.4, -0.2) is 27.1 Å². The molecule has 0 unspecified atom stereocenters. The number of hydrogen-bond donors (Lipinski definition) is 3. The van der Waals surface area contributed by atoms with Gasteiger partial charge < -0.3 is 15.9 Å². The van der Waals surface area contributed by atoms with Crippen molar-refractivity contribution >= 4 is 11.9 Å². The third-order valence-electron chi connectivity index (χ3n) is 3.68. The molecule has 0 aliphatic rings. The monoisotopic (exact) mass is 360 g/mol. The maximum Gasteiger partial charge on any atom is 0.328 e. The highest BCUT2D eigenvalue weighted by Gasteiger charge is 2.31. The molecule has 26 heavy (non-hydrogen) atoms. The first-order valence-electron chi connectivity index (χ1n) is 7.71. The number of hydrogen-bond acceptors (Lipinski definition) is 4. The van der Waals surface area contributed by atoms with E-state index in [0.717, 1.165) is 11.3 Å². The third kappa shape index (κ3) is 6.45. The Hall–Kier alpha value is -3.06. The van der Waals surface area contributed by atoms with E-state index in [1.807, 2.05) is 38.1 Å². The van der Waals surface area contributed by atoms with E-state index in [4.69, 9.17) is 15.9 Å². The summed E-state index contributed by atoms with van der Waals surface area (Å²) in [4.78, 5) is 23.5. The van der Waals surface area contributed by atoms with Gasteiger partial charge in [0.2, 0.25) is 0 Å². The van der Waals surface area contributed by atoms with Crippen molar-refractivity contribution in [3.8, 4) is 0 Å². The first-order valence-corrected chi connectivity index (χ1v) is 7.71. The fourth-order valence-electron chi connectivity index (χ4n) is 2.16. The Labute approximate surface area is 150 Å². The molecule has 0 aliphatic carbocycles. The fraction of sp³-hybridized carbons (Fsp3) is 0.211. The van der Waals surface area contributed by atoms with Gasteiger partial charge >= 0.3 is 11.9 Å². The Kier molecular flexibility index (Phi) is 7.61. The Morgan fingerprint density at radius 1 is 1.12 bits per heavy atom. The van der Waals surface area contributed by atoms with Crippen LogP contribution in [0.5, 0.6) is 0 Å². The molecule has 138 valence electrons. The van der Waals surface area contributed by atoms with Crippen molar-refractivity contribution < 1.29 is 24.2 Å². The van der Waals surface area contributed by atoms with E-state index >= 15 is 0 Å². The second-order valence-corrected chi connectivity index (χ2v) is 5.98. The van der Waals surface area contributed by atoms with Crippen LogP contribution >= 0.6 is 0 Å². The molecule has 0 saturated carbocycles. The van der Waals surface area contributed by atoms with Crippen LogP contribution in [-0.2, 0) is 15.0 Å². The van der Waals surface area contributed by atoms with Crippen molar-refractivity contribution in [2.24, 2.45) is 5.73 Å². The summed E-state index contributed by atoms with van der Waals surface area (Å²) in [5, 5.41) is 15.6. The number of halogens is 1. The molecule has 1 atom stereocenters. The SMILES string of the molecule is CC(C)(c1ccccn1)[C@@H](N)c1cccc(F)c1.O=C(O)/C=C/C(=O)O. The van der Waals surface area contributed by atoms with E-state index in [-0.39, 0.29) is 17.3 Å². The number of benzene rings is 1. The predicted molar refractivity (Wildman–Crippen MR) is 95.0 cm³/mol. The average molecular weight is 360 g/mol. The van der Waals surface area contributed by atoms with E-state index < -0.39 is 11.9 Å². The number of nitrogens with two attached hydrogens (primary N) is 1. The molecule has 0 aliphatic heterocycles. The highest BCUT2D eigenvalue weighted by molar-refractivity contribution is 5.89. The number of aliphatic carboxylic acids is 2. The van der Waals surface area contributed by atoms with E-state index in [2.05, 4.69) is 4.98 Å². The Morgan fingerprint density at radius 3 is 2.19 bits per heavy atom. The molecule has 0 saturated heterocycles. The number of nitrogens with zero attached hydrogens (tertiary/aromatic N) is 1. The zero-order chi connectivity index (χ0) is 19.7. The number of pyridine rings is 1. The zero-order valence-electron chi connectivity index (χ0n) is 14.5. The fourth-order valence-corrected chi connectivity index (χ4v) is 2.16. The first-order chi connectivity index (χ1) is 12.1. The van der Waals surface area contributed by atoms with Gasteiger partial charge in [0.05, 0.1) is 0 Å². The van der Waals surface area contributed by atoms with Crippen LogP contribution in [0.4, 0.5) is 4.39 Å². The summed E-state index contributed by atoms with van der Waals surface area (Å²) in [7, 11) is 0. The number of aromatic nitrogens is 1. The van der Waals surface area contributed by atoms with Gasteiger partial charge in [-0.25, -0.2) is 14.0 Å². The number of rotatable bonds is 5. The summed E-state index contributed by atoms with van der Waals surface area (Å²) in [6.45, 7) is 4.04. The Morgan fingerprint density at radius 2 is 1.73 bits per heavy atom. The maximum atomic E-state index is 13.2. The molecular weight excluding hydrogens is 339 g/mol. The van der Waals surface area contributed by atoms with Crippen LogP contribution in [0.25, 0.3) is 0 Å². The quantitative estimate of drug-likeness (QED) is 0.707. The van der Waals surface area contributed by atoms with Crippen molar-refractivity contribution in [2.45, 2.75) is 25.3 Å². The molecule has 0 spiro atoms. The van der Waals surface area contributed by atoms with Crippen LogP contribution in [0.15, 0.2) is 60.8 Å². The number of carbonyl (C=O) groups is 2. The van der Waals surface area contributed by atoms with Crippen LogP contribution in [0.3, 0.4) is 0 Å². The molecule has 1 aromatic heterocycles. The van der Waals surface area contributed by atoms with Gasteiger partial charge in [0.25, 0.3) is 0 Å². The molecule has 0 bridgehead atoms. The van der Waals surface area contributed by atoms with Gasteiger partial charge in [-0.05, 0) is 29.8 Å². The molecule has 6 nitrogen and oxygen atoms in total. The van der Waals surface area contributed by atoms with Gasteiger partial charge in [0.15, 0.2) is 0 Å². The lowest BCUT2D eigenvalue weighted by atomic mass is 9.78. The van der Waals surface area contributed by atoms with Crippen LogP contribution in [0.2, 0.25) is 0 Å². The molecule has 0 radical (unpaired) electrons. The second-order valence-electron chi connectivity index (χ2n) is 5.98. The van der Waals surface area contributed by atoms with Gasteiger partial charge in [-0.2, -0.15) is 0 Å². The topological polar surface area (TPSA) is 114 Å². The summed E-state index contributed by atoms with van der Waals surface area (Å²) in [6, 6.07) is 11.9. The van der Waals surface area contributed by atoms with Gasteiger partial charge in [-0.1, -0.05) is 32.0 Å². The Balaban J connectivity index is 0.000000359. The summed E-state index contributed by atoms with van der Waals surface area (Å²) in [5.41, 5.74) is 7.60. The largest absolute Gasteiger partial charge is 0.478 e. The molecule has 0 amide bonds. The average Bonchev–Trinajstić information content (AvgIpc) is 2.60. The minimum Gasteiger partial charge on any atom is -0.478 e. The van der Waals surface area contributed by atoms with Crippen molar-refractivity contribution in [2.75, 3.05) is 0 Å². The zero-order valence-corrected chi connectivity index (χ0v) is 14.5. The van der Waals surface area contributed by atoms with Crippen molar-refractivity contribution in [3.05, 3.63) is 77.9 Å². The lowest BCUT2D eigenvalue weighted by Gasteiger charge is -2.31. The van der Waals surface area contributed by atoms with Gasteiger partial charge in [-0.15, -0.1) is 0 Å². The lowest BCUT2D eigenvalue weighted by molar-refractivity contribution is -0.134. The van der Waals surface area contributed by atoms with Crippen LogP contribution < -0.4 is 5.73 Å². The van der Waals surface area contributed by atoms with Gasteiger partial charge in [-0.3, -0.25) is 4.98 Å². The summed E-state index contributed by atoms with van der Waals surface area (Å²) < 4.78 is 13.2. The van der Waals surface area contributed by atoms with Crippen LogP contribution in [0, 0.1) is 5.82 Å². The molecule has 1 heterocycles. The Bertz CT molecular complexity index is 760. The molecule has 7 heteroatoms. The van der Waals surface area contributed by atoms with Gasteiger partial charge in [0.1, 0.15) is 5.82 Å². The summed E-state index contributed by atoms with van der Waals surface area (Å²) in [6.07, 6.45) is 2.86. The summed E-state index contributed by atoms with van der Waals surface area (Å²) in [5.74, 6) is -2.78. The third-order valence-corrected chi connectivity index (χ3v) is 3.68. The van der Waals surface area contributed by atoms with Crippen molar-refractivity contribution in [1.29, 1.82) is 0 Å². The standard InChI is InChI=1S/C15H17FN2.C4H4O4/c1-15(2,13-8-3-4-9-18-13)14(17)11-6-5-7-12(16)10-11;5-3(6)1-2-4(7)8/h3-10,14H,17H2,1-2H3;1-2H,(H,5,6)(H,7,8)/b;2-1+/t14-;/m0./s1. The first kappa shape index (κ1) is 21.0. The van der Waals surface area contributed by atoms with E-state index in [0.29, 0.717) is 12.2 Å². The normalized spacial score (nSPS) is 12.2. The molecular formula is C19H21FN2O4. The predicted octanol–water partition coefficient (Wildman–Crippen LogP) is 2.91. The van der Waals surface area contributed by atoms with Crippen LogP contribution in [0.1, 0.15) is 31.1 Å². The highest BCUT2D eigenvalue weighted by Crippen LogP contribution is 2.33. The minimum atomic E-state index is -1.26. The lowest BCUT2D eigenvalue weighted by Crippen LogP contribution is -2.34. The molecule has 0 fully saturated rings. The molecule has 2 rings (SSSR count). The molecule has 1 aromatic carbocycles. The molecule has 4 N–H and O–H groups in total. The van der Waals surface area contributed by atoms with Crippen molar-refractivity contribution in [1.82, 2.24) is 4.98 Å². The highest BCUT2D eigenvalue weighted by atomic mass is 19.1. The van der Waals surface area contributed by atoms with E-state index in [9.17, 15) is 14.0 Å².